The summed E-state index contributed by atoms with van der Waals surface area (Å²) in [4.78, 5) is 14.1. The Morgan fingerprint density at radius 2 is 1.92 bits per heavy atom. The van der Waals surface area contributed by atoms with E-state index in [4.69, 9.17) is 9.47 Å². The molecule has 0 spiro atoms. The molecule has 1 N–H and O–H groups in total. The maximum Gasteiger partial charge on any atom is 0.421 e. The zero-order valence-electron chi connectivity index (χ0n) is 14.0. The molecule has 1 aliphatic rings. The molecular formula is C16H24N2O5S. The van der Waals surface area contributed by atoms with Crippen LogP contribution in [-0.2, 0) is 19.5 Å². The summed E-state index contributed by atoms with van der Waals surface area (Å²) in [7, 11) is -3.92. The lowest BCUT2D eigenvalue weighted by molar-refractivity contribution is 0.00904. The van der Waals surface area contributed by atoms with Crippen LogP contribution in [0.4, 0.5) is 4.79 Å². The Morgan fingerprint density at radius 1 is 1.29 bits per heavy atom. The van der Waals surface area contributed by atoms with Gasteiger partial charge in [-0.05, 0) is 25.5 Å². The Morgan fingerprint density at radius 3 is 2.50 bits per heavy atom. The van der Waals surface area contributed by atoms with Gasteiger partial charge in [-0.15, -0.1) is 0 Å². The van der Waals surface area contributed by atoms with Crippen LogP contribution in [0.1, 0.15) is 18.9 Å². The van der Waals surface area contributed by atoms with Crippen LogP contribution in [0.25, 0.3) is 0 Å². The molecule has 1 aromatic carbocycles. The van der Waals surface area contributed by atoms with E-state index in [9.17, 15) is 13.2 Å². The van der Waals surface area contributed by atoms with Crippen molar-refractivity contribution in [2.24, 2.45) is 0 Å². The number of hydrogen-bond acceptors (Lipinski definition) is 6. The maximum atomic E-state index is 12.2. The summed E-state index contributed by atoms with van der Waals surface area (Å²) in [6.45, 7) is 7.20. The highest BCUT2D eigenvalue weighted by Crippen LogP contribution is 2.11. The number of nitrogens with one attached hydrogen (secondary N) is 1. The summed E-state index contributed by atoms with van der Waals surface area (Å²) in [5, 5.41) is 0. The van der Waals surface area contributed by atoms with Gasteiger partial charge in [-0.3, -0.25) is 4.90 Å². The van der Waals surface area contributed by atoms with E-state index in [1.54, 1.807) is 12.1 Å². The van der Waals surface area contributed by atoms with Crippen LogP contribution in [-0.4, -0.2) is 58.4 Å². The van der Waals surface area contributed by atoms with Gasteiger partial charge in [0.2, 0.25) is 0 Å². The van der Waals surface area contributed by atoms with Gasteiger partial charge in [-0.1, -0.05) is 24.6 Å². The fourth-order valence-corrected chi connectivity index (χ4v) is 3.26. The zero-order valence-corrected chi connectivity index (χ0v) is 14.8. The molecule has 1 heterocycles. The van der Waals surface area contributed by atoms with Gasteiger partial charge in [0.15, 0.2) is 0 Å². The zero-order chi connectivity index (χ0) is 17.6. The summed E-state index contributed by atoms with van der Waals surface area (Å²) in [6.07, 6.45) is -0.706. The lowest BCUT2D eigenvalue weighted by Crippen LogP contribution is -2.43. The average Bonchev–Trinajstić information content (AvgIpc) is 2.55. The van der Waals surface area contributed by atoms with Crippen molar-refractivity contribution in [3.63, 3.8) is 0 Å². The fourth-order valence-electron chi connectivity index (χ4n) is 2.38. The number of sulfonamides is 1. The number of carbonyl (C=O) groups excluding carboxylic acids is 1. The number of hydrogen-bond donors (Lipinski definition) is 1. The molecule has 1 fully saturated rings. The highest BCUT2D eigenvalue weighted by molar-refractivity contribution is 7.90. The second-order valence-electron chi connectivity index (χ2n) is 5.77. The summed E-state index contributed by atoms with van der Waals surface area (Å²) in [5.41, 5.74) is 0.938. The SMILES string of the molecule is CC[C@H](CN1CCOCC1)OC(=O)NS(=O)(=O)c1ccc(C)cc1. The fraction of sp³-hybridized carbons (Fsp3) is 0.562. The van der Waals surface area contributed by atoms with Crippen LogP contribution in [0.15, 0.2) is 29.2 Å². The molecule has 24 heavy (non-hydrogen) atoms. The van der Waals surface area contributed by atoms with Gasteiger partial charge in [0.1, 0.15) is 6.10 Å². The molecule has 0 aliphatic carbocycles. The summed E-state index contributed by atoms with van der Waals surface area (Å²) >= 11 is 0. The van der Waals surface area contributed by atoms with Crippen LogP contribution in [0.5, 0.6) is 0 Å². The standard InChI is InChI=1S/C16H24N2O5S/c1-3-14(12-18-8-10-22-11-9-18)23-16(19)17-24(20,21)15-6-4-13(2)5-7-15/h4-7,14H,3,8-12H2,1-2H3,(H,17,19)/t14-/m1/s1. The van der Waals surface area contributed by atoms with E-state index < -0.39 is 16.1 Å². The smallest absolute Gasteiger partial charge is 0.421 e. The molecule has 134 valence electrons. The molecule has 8 heteroatoms. The number of benzene rings is 1. The minimum absolute atomic E-state index is 0.0336. The van der Waals surface area contributed by atoms with Crippen molar-refractivity contribution in [1.29, 1.82) is 0 Å². The molecule has 0 aromatic heterocycles. The van der Waals surface area contributed by atoms with E-state index in [1.165, 1.54) is 12.1 Å². The highest BCUT2D eigenvalue weighted by Gasteiger charge is 2.23. The number of nitrogens with zero attached hydrogens (tertiary/aromatic N) is 1. The van der Waals surface area contributed by atoms with E-state index in [1.807, 2.05) is 18.6 Å². The molecule has 7 nitrogen and oxygen atoms in total. The Bertz CT molecular complexity index is 639. The third kappa shape index (κ3) is 5.47. The second kappa shape index (κ2) is 8.46. The summed E-state index contributed by atoms with van der Waals surface area (Å²) < 4.78 is 36.9. The molecule has 1 amide bonds. The molecular weight excluding hydrogens is 332 g/mol. The van der Waals surface area contributed by atoms with E-state index in [0.717, 1.165) is 18.7 Å². The van der Waals surface area contributed by atoms with E-state index in [2.05, 4.69) is 4.90 Å². The number of ether oxygens (including phenoxy) is 2. The lowest BCUT2D eigenvalue weighted by atomic mass is 10.2. The van der Waals surface area contributed by atoms with Crippen molar-refractivity contribution in [2.75, 3.05) is 32.8 Å². The molecule has 1 aliphatic heterocycles. The van der Waals surface area contributed by atoms with Crippen molar-refractivity contribution in [2.45, 2.75) is 31.3 Å². The first-order valence-electron chi connectivity index (χ1n) is 8.01. The molecule has 2 rings (SSSR count). The first-order chi connectivity index (χ1) is 11.4. The van der Waals surface area contributed by atoms with Crippen molar-refractivity contribution < 1.29 is 22.7 Å². The van der Waals surface area contributed by atoms with Crippen LogP contribution >= 0.6 is 0 Å². The van der Waals surface area contributed by atoms with Gasteiger partial charge in [-0.25, -0.2) is 17.9 Å². The first-order valence-corrected chi connectivity index (χ1v) is 9.49. The van der Waals surface area contributed by atoms with Crippen LogP contribution in [0.2, 0.25) is 0 Å². The number of rotatable bonds is 6. The Balaban J connectivity index is 1.91. The van der Waals surface area contributed by atoms with Crippen LogP contribution in [0, 0.1) is 6.92 Å². The first kappa shape index (κ1) is 18.7. The van der Waals surface area contributed by atoms with E-state index in [0.29, 0.717) is 26.2 Å². The molecule has 0 radical (unpaired) electrons. The third-order valence-electron chi connectivity index (χ3n) is 3.84. The Hall–Kier alpha value is -1.64. The predicted molar refractivity (Wildman–Crippen MR) is 89.3 cm³/mol. The monoisotopic (exact) mass is 356 g/mol. The number of amides is 1. The number of aryl methyl sites for hydroxylation is 1. The molecule has 0 saturated carbocycles. The average molecular weight is 356 g/mol. The van der Waals surface area contributed by atoms with Gasteiger partial charge in [0.05, 0.1) is 18.1 Å². The van der Waals surface area contributed by atoms with Crippen molar-refractivity contribution in [3.8, 4) is 0 Å². The van der Waals surface area contributed by atoms with Crippen molar-refractivity contribution >= 4 is 16.1 Å². The molecule has 1 aromatic rings. The molecule has 0 unspecified atom stereocenters. The Labute approximate surface area is 143 Å². The van der Waals surface area contributed by atoms with Crippen molar-refractivity contribution in [1.82, 2.24) is 9.62 Å². The molecule has 1 atom stereocenters. The maximum absolute atomic E-state index is 12.2. The summed E-state index contributed by atoms with van der Waals surface area (Å²) in [5.74, 6) is 0. The quantitative estimate of drug-likeness (QED) is 0.832. The largest absolute Gasteiger partial charge is 0.444 e. The predicted octanol–water partition coefficient (Wildman–Crippen LogP) is 1.52. The van der Waals surface area contributed by atoms with Gasteiger partial charge < -0.3 is 9.47 Å². The van der Waals surface area contributed by atoms with E-state index in [-0.39, 0.29) is 11.0 Å². The van der Waals surface area contributed by atoms with E-state index >= 15 is 0 Å². The topological polar surface area (TPSA) is 84.9 Å². The van der Waals surface area contributed by atoms with Gasteiger partial charge in [0.25, 0.3) is 10.0 Å². The van der Waals surface area contributed by atoms with Crippen LogP contribution in [0.3, 0.4) is 0 Å². The Kier molecular flexibility index (Phi) is 6.59. The number of morpholine rings is 1. The molecule has 1 saturated heterocycles. The van der Waals surface area contributed by atoms with Crippen molar-refractivity contribution in [3.05, 3.63) is 29.8 Å². The minimum atomic E-state index is -3.92. The van der Waals surface area contributed by atoms with Gasteiger partial charge >= 0.3 is 6.09 Å². The third-order valence-corrected chi connectivity index (χ3v) is 5.17. The summed E-state index contributed by atoms with van der Waals surface area (Å²) in [6, 6.07) is 6.26. The lowest BCUT2D eigenvalue weighted by Gasteiger charge is -2.29. The number of carbonyl (C=O) groups is 1. The second-order valence-corrected chi connectivity index (χ2v) is 7.45. The normalized spacial score (nSPS) is 17.2. The highest BCUT2D eigenvalue weighted by atomic mass is 32.2. The van der Waals surface area contributed by atoms with Gasteiger partial charge in [0, 0.05) is 19.6 Å². The minimum Gasteiger partial charge on any atom is -0.444 e. The van der Waals surface area contributed by atoms with Crippen LogP contribution < -0.4 is 4.72 Å². The molecule has 0 bridgehead atoms. The van der Waals surface area contributed by atoms with Gasteiger partial charge in [-0.2, -0.15) is 0 Å².